The Hall–Kier alpha value is -2.45. The number of benzene rings is 1. The van der Waals surface area contributed by atoms with E-state index in [2.05, 4.69) is 0 Å². The second-order valence-electron chi connectivity index (χ2n) is 6.79. The number of aromatic nitrogens is 1. The van der Waals surface area contributed by atoms with Crippen molar-refractivity contribution in [1.29, 1.82) is 0 Å². The van der Waals surface area contributed by atoms with E-state index in [9.17, 15) is 18.0 Å². The van der Waals surface area contributed by atoms with Gasteiger partial charge in [0.25, 0.3) is 0 Å². The quantitative estimate of drug-likeness (QED) is 0.460. The Labute approximate surface area is 172 Å². The number of hydrogen-bond donors (Lipinski definition) is 0. The van der Waals surface area contributed by atoms with E-state index in [1.54, 1.807) is 50.6 Å². The van der Waals surface area contributed by atoms with E-state index in [-0.39, 0.29) is 30.4 Å². The second kappa shape index (κ2) is 9.37. The molecule has 0 atom stereocenters. The number of hydrogen-bond acceptors (Lipinski definition) is 5. The monoisotopic (exact) mass is 420 g/mol. The van der Waals surface area contributed by atoms with Gasteiger partial charge in [0, 0.05) is 24.8 Å². The van der Waals surface area contributed by atoms with Crippen molar-refractivity contribution in [2.45, 2.75) is 39.0 Å². The van der Waals surface area contributed by atoms with Crippen LogP contribution in [0.1, 0.15) is 52.4 Å². The van der Waals surface area contributed by atoms with Gasteiger partial charge in [0.1, 0.15) is 5.69 Å². The predicted octanol–water partition coefficient (Wildman–Crippen LogP) is 3.10. The summed E-state index contributed by atoms with van der Waals surface area (Å²) in [6, 6.07) is 8.06. The van der Waals surface area contributed by atoms with E-state index in [1.165, 1.54) is 16.4 Å². The number of Topliss-reactive ketones (excluding diaryl/α,β-unsaturated/α-hetero) is 1. The van der Waals surface area contributed by atoms with Crippen LogP contribution >= 0.6 is 0 Å². The molecule has 0 fully saturated rings. The number of carbonyl (C=O) groups excluding carboxylic acids is 2. The molecule has 8 heteroatoms. The highest BCUT2D eigenvalue weighted by Gasteiger charge is 2.30. The van der Waals surface area contributed by atoms with Crippen molar-refractivity contribution in [2.75, 3.05) is 19.7 Å². The van der Waals surface area contributed by atoms with Gasteiger partial charge in [-0.25, -0.2) is 13.2 Å². The summed E-state index contributed by atoms with van der Waals surface area (Å²) >= 11 is 0. The fraction of sp³-hybridized carbons (Fsp3) is 0.429. The molecule has 0 spiro atoms. The Bertz CT molecular complexity index is 994. The van der Waals surface area contributed by atoms with Crippen LogP contribution in [0.15, 0.2) is 35.2 Å². The van der Waals surface area contributed by atoms with Crippen LogP contribution in [0.3, 0.4) is 0 Å². The zero-order valence-electron chi connectivity index (χ0n) is 17.6. The first-order chi connectivity index (χ1) is 13.7. The van der Waals surface area contributed by atoms with E-state index in [0.717, 1.165) is 0 Å². The van der Waals surface area contributed by atoms with Gasteiger partial charge in [0.05, 0.1) is 18.0 Å². The Morgan fingerprint density at radius 3 is 2.28 bits per heavy atom. The summed E-state index contributed by atoms with van der Waals surface area (Å²) in [5, 5.41) is 0. The van der Waals surface area contributed by atoms with Gasteiger partial charge in [0.2, 0.25) is 10.0 Å². The van der Waals surface area contributed by atoms with E-state index in [0.29, 0.717) is 28.9 Å². The van der Waals surface area contributed by atoms with Gasteiger partial charge in [-0.3, -0.25) is 4.79 Å². The summed E-state index contributed by atoms with van der Waals surface area (Å²) in [7, 11) is -2.12. The third-order valence-electron chi connectivity index (χ3n) is 4.85. The fourth-order valence-corrected chi connectivity index (χ4v) is 4.90. The van der Waals surface area contributed by atoms with Crippen LogP contribution in [0.4, 0.5) is 0 Å². The molecule has 7 nitrogen and oxygen atoms in total. The van der Waals surface area contributed by atoms with Gasteiger partial charge in [-0.2, -0.15) is 4.31 Å². The highest BCUT2D eigenvalue weighted by molar-refractivity contribution is 7.89. The van der Waals surface area contributed by atoms with Crippen LogP contribution in [0.25, 0.3) is 0 Å². The Morgan fingerprint density at radius 1 is 1.10 bits per heavy atom. The van der Waals surface area contributed by atoms with Gasteiger partial charge in [-0.1, -0.05) is 25.1 Å². The van der Waals surface area contributed by atoms with Gasteiger partial charge in [0.15, 0.2) is 5.78 Å². The van der Waals surface area contributed by atoms with Crippen molar-refractivity contribution < 1.29 is 22.7 Å². The SMILES string of the molecule is CCCN(CC(=O)c1c(C)c(C(=O)OCC)n(C)c1C)S(=O)(=O)c1ccccc1. The number of rotatable bonds is 9. The molecule has 0 bridgehead atoms. The lowest BCUT2D eigenvalue weighted by Gasteiger charge is -2.21. The number of carbonyl (C=O) groups is 2. The van der Waals surface area contributed by atoms with Gasteiger partial charge >= 0.3 is 5.97 Å². The van der Waals surface area contributed by atoms with Crippen LogP contribution in [0.5, 0.6) is 0 Å². The minimum Gasteiger partial charge on any atom is -0.461 e. The van der Waals surface area contributed by atoms with Crippen molar-refractivity contribution in [2.24, 2.45) is 7.05 Å². The molecule has 2 aromatic rings. The number of ether oxygens (including phenoxy) is 1. The highest BCUT2D eigenvalue weighted by atomic mass is 32.2. The number of ketones is 1. The second-order valence-corrected chi connectivity index (χ2v) is 8.73. The molecular weight excluding hydrogens is 392 g/mol. The fourth-order valence-electron chi connectivity index (χ4n) is 3.39. The Balaban J connectivity index is 2.41. The molecule has 1 aromatic heterocycles. The molecule has 0 aliphatic carbocycles. The molecule has 1 aromatic carbocycles. The van der Waals surface area contributed by atoms with Crippen molar-refractivity contribution >= 4 is 21.8 Å². The summed E-state index contributed by atoms with van der Waals surface area (Å²) in [6.07, 6.45) is 0.570. The maximum Gasteiger partial charge on any atom is 0.355 e. The van der Waals surface area contributed by atoms with Crippen molar-refractivity contribution in [3.63, 3.8) is 0 Å². The molecule has 29 heavy (non-hydrogen) atoms. The molecule has 1 heterocycles. The van der Waals surface area contributed by atoms with Crippen molar-refractivity contribution in [3.8, 4) is 0 Å². The summed E-state index contributed by atoms with van der Waals surface area (Å²) in [5.74, 6) is -0.851. The van der Waals surface area contributed by atoms with Gasteiger partial charge in [-0.15, -0.1) is 0 Å². The zero-order chi connectivity index (χ0) is 21.8. The third kappa shape index (κ3) is 4.59. The minimum atomic E-state index is -3.81. The minimum absolute atomic E-state index is 0.148. The smallest absolute Gasteiger partial charge is 0.355 e. The van der Waals surface area contributed by atoms with Crippen molar-refractivity contribution in [3.05, 3.63) is 52.8 Å². The topological polar surface area (TPSA) is 85.7 Å². The Morgan fingerprint density at radius 2 is 1.72 bits per heavy atom. The Kier molecular flexibility index (Phi) is 7.37. The standard InChI is InChI=1S/C21H28N2O5S/c1-6-13-23(29(26,27)17-11-9-8-10-12-17)14-18(24)19-15(3)20(21(25)28-7-2)22(5)16(19)4/h8-12H,6-7,13-14H2,1-5H3. The molecule has 0 N–H and O–H groups in total. The first-order valence-electron chi connectivity index (χ1n) is 9.58. The van der Waals surface area contributed by atoms with E-state index < -0.39 is 16.0 Å². The number of nitrogens with zero attached hydrogens (tertiary/aromatic N) is 2. The van der Waals surface area contributed by atoms with Crippen LogP contribution in [-0.4, -0.2) is 48.7 Å². The predicted molar refractivity (Wildman–Crippen MR) is 111 cm³/mol. The first kappa shape index (κ1) is 22.8. The summed E-state index contributed by atoms with van der Waals surface area (Å²) in [6.45, 7) is 7.15. The van der Waals surface area contributed by atoms with Crippen LogP contribution in [0.2, 0.25) is 0 Å². The summed E-state index contributed by atoms with van der Waals surface area (Å²) in [4.78, 5) is 25.6. The van der Waals surface area contributed by atoms with E-state index >= 15 is 0 Å². The molecule has 0 amide bonds. The lowest BCUT2D eigenvalue weighted by atomic mass is 10.1. The zero-order valence-corrected chi connectivity index (χ0v) is 18.4. The summed E-state index contributed by atoms with van der Waals surface area (Å²) < 4.78 is 33.9. The molecule has 0 radical (unpaired) electrons. The first-order valence-corrected chi connectivity index (χ1v) is 11.0. The molecule has 0 aliphatic rings. The van der Waals surface area contributed by atoms with E-state index in [1.807, 2.05) is 6.92 Å². The molecular formula is C21H28N2O5S. The molecule has 0 saturated heterocycles. The number of esters is 1. The van der Waals surface area contributed by atoms with Gasteiger partial charge < -0.3 is 9.30 Å². The maximum atomic E-state index is 13.1. The normalized spacial score (nSPS) is 11.7. The molecule has 0 unspecified atom stereocenters. The number of sulfonamides is 1. The van der Waals surface area contributed by atoms with Crippen LogP contribution < -0.4 is 0 Å². The molecule has 0 saturated carbocycles. The average Bonchev–Trinajstić information content (AvgIpc) is 2.91. The molecule has 0 aliphatic heterocycles. The van der Waals surface area contributed by atoms with Gasteiger partial charge in [-0.05, 0) is 44.9 Å². The molecule has 158 valence electrons. The third-order valence-corrected chi connectivity index (χ3v) is 6.71. The lowest BCUT2D eigenvalue weighted by Crippen LogP contribution is -2.36. The summed E-state index contributed by atoms with van der Waals surface area (Å²) in [5.41, 5.74) is 1.77. The van der Waals surface area contributed by atoms with E-state index in [4.69, 9.17) is 4.74 Å². The highest BCUT2D eigenvalue weighted by Crippen LogP contribution is 2.24. The average molecular weight is 421 g/mol. The largest absolute Gasteiger partial charge is 0.461 e. The maximum absolute atomic E-state index is 13.1. The molecule has 2 rings (SSSR count). The lowest BCUT2D eigenvalue weighted by molar-refractivity contribution is 0.0514. The van der Waals surface area contributed by atoms with Crippen molar-refractivity contribution in [1.82, 2.24) is 8.87 Å². The van der Waals surface area contributed by atoms with Crippen LogP contribution in [-0.2, 0) is 21.8 Å². The van der Waals surface area contributed by atoms with Crippen LogP contribution in [0, 0.1) is 13.8 Å².